The number of hydrogen-bond acceptors (Lipinski definition) is 1. The van der Waals surface area contributed by atoms with E-state index in [-0.39, 0.29) is 0 Å². The van der Waals surface area contributed by atoms with E-state index >= 15 is 0 Å². The zero-order valence-electron chi connectivity index (χ0n) is 28.2. The number of fused-ring (bicyclic) bond motifs is 9. The van der Waals surface area contributed by atoms with Crippen molar-refractivity contribution >= 4 is 32.3 Å². The highest BCUT2D eigenvalue weighted by Gasteiger charge is 2.46. The van der Waals surface area contributed by atoms with Gasteiger partial charge in [0.15, 0.2) is 0 Å². The van der Waals surface area contributed by atoms with Crippen LogP contribution >= 0.6 is 0 Å². The maximum Gasteiger partial charge on any atom is 0.0713 e. The third kappa shape index (κ3) is 4.39. The first-order chi connectivity index (χ1) is 25.3. The molecule has 0 fully saturated rings. The monoisotopic (exact) mass is 649 g/mol. The topological polar surface area (TPSA) is 26.0 Å². The van der Waals surface area contributed by atoms with E-state index in [9.17, 15) is 0 Å². The quantitative estimate of drug-likeness (QED) is 0.185. The number of rotatable bonds is 5. The summed E-state index contributed by atoms with van der Waals surface area (Å²) in [5.74, 6) is 0. The molecule has 0 aromatic heterocycles. The summed E-state index contributed by atoms with van der Waals surface area (Å²) in [6, 6.07) is 69.6. The Morgan fingerprint density at radius 2 is 0.922 bits per heavy atom. The minimum atomic E-state index is -0.448. The van der Waals surface area contributed by atoms with Gasteiger partial charge < -0.3 is 5.73 Å². The Bertz CT molecular complexity index is 2740. The van der Waals surface area contributed by atoms with Crippen LogP contribution in [0.3, 0.4) is 0 Å². The highest BCUT2D eigenvalue weighted by molar-refractivity contribution is 6.28. The standard InChI is InChI=1S/C50H35N/c51-32-33-13-11-14-34(29-33)35-25-28-45-46(30-35)41-20-8-7-19-40(41)44-23-12-22-39(49(44)45)36-26-27-43-42-21-9-10-24-47(42)50(48(43)31-36,37-15-3-1-4-16-37)38-17-5-2-6-18-38/h1-31H,32,51H2. The van der Waals surface area contributed by atoms with Gasteiger partial charge >= 0.3 is 0 Å². The average Bonchev–Trinajstić information content (AvgIpc) is 3.51. The Kier molecular flexibility index (Phi) is 6.77. The molecule has 1 aliphatic rings. The van der Waals surface area contributed by atoms with Crippen molar-refractivity contribution in [3.63, 3.8) is 0 Å². The van der Waals surface area contributed by atoms with E-state index < -0.39 is 5.41 Å². The van der Waals surface area contributed by atoms with Crippen LogP contribution in [-0.4, -0.2) is 0 Å². The molecule has 0 aliphatic heterocycles. The first-order valence-corrected chi connectivity index (χ1v) is 17.8. The zero-order chi connectivity index (χ0) is 33.9. The summed E-state index contributed by atoms with van der Waals surface area (Å²) in [6.45, 7) is 0.528. The molecule has 1 heteroatoms. The zero-order valence-corrected chi connectivity index (χ0v) is 28.2. The molecule has 0 spiro atoms. The maximum atomic E-state index is 6.04. The predicted octanol–water partition coefficient (Wildman–Crippen LogP) is 12.3. The molecule has 240 valence electrons. The van der Waals surface area contributed by atoms with Gasteiger partial charge in [-0.3, -0.25) is 0 Å². The fourth-order valence-corrected chi connectivity index (χ4v) is 8.91. The maximum absolute atomic E-state index is 6.04. The van der Waals surface area contributed by atoms with Crippen molar-refractivity contribution in [2.24, 2.45) is 5.73 Å². The Hall–Kier alpha value is -6.28. The van der Waals surface area contributed by atoms with E-state index in [1.54, 1.807) is 0 Å². The summed E-state index contributed by atoms with van der Waals surface area (Å²) < 4.78 is 0. The highest BCUT2D eigenvalue weighted by atomic mass is 14.5. The largest absolute Gasteiger partial charge is 0.326 e. The first kappa shape index (κ1) is 29.6. The SMILES string of the molecule is NCc1cccc(-c2ccc3c(c2)c2ccccc2c2cccc(-c4ccc5c(c4)C(c4ccccc4)(c4ccccc4)c4ccccc4-5)c23)c1. The first-order valence-electron chi connectivity index (χ1n) is 17.8. The molecule has 0 amide bonds. The van der Waals surface area contributed by atoms with Crippen molar-refractivity contribution in [2.75, 3.05) is 0 Å². The number of benzene rings is 9. The van der Waals surface area contributed by atoms with Gasteiger partial charge in [0, 0.05) is 6.54 Å². The van der Waals surface area contributed by atoms with Crippen LogP contribution in [-0.2, 0) is 12.0 Å². The van der Waals surface area contributed by atoms with Gasteiger partial charge in [0.2, 0.25) is 0 Å². The third-order valence-corrected chi connectivity index (χ3v) is 11.1. The second-order valence-electron chi connectivity index (χ2n) is 13.7. The second-order valence-corrected chi connectivity index (χ2v) is 13.7. The lowest BCUT2D eigenvalue weighted by atomic mass is 9.67. The van der Waals surface area contributed by atoms with Crippen molar-refractivity contribution in [3.8, 4) is 33.4 Å². The number of hydrogen-bond donors (Lipinski definition) is 1. The van der Waals surface area contributed by atoms with Crippen molar-refractivity contribution in [1.82, 2.24) is 0 Å². The second kappa shape index (κ2) is 11.7. The van der Waals surface area contributed by atoms with Crippen molar-refractivity contribution in [3.05, 3.63) is 216 Å². The normalized spacial score (nSPS) is 13.0. The molecule has 0 atom stereocenters. The summed E-state index contributed by atoms with van der Waals surface area (Å²) in [4.78, 5) is 0. The van der Waals surface area contributed by atoms with Crippen LogP contribution in [0.1, 0.15) is 27.8 Å². The molecule has 1 aliphatic carbocycles. The molecule has 1 nitrogen and oxygen atoms in total. The summed E-state index contributed by atoms with van der Waals surface area (Å²) >= 11 is 0. The molecule has 9 aromatic rings. The lowest BCUT2D eigenvalue weighted by molar-refractivity contribution is 0.769. The summed E-state index contributed by atoms with van der Waals surface area (Å²) in [5, 5.41) is 7.62. The lowest BCUT2D eigenvalue weighted by Crippen LogP contribution is -2.28. The molecular weight excluding hydrogens is 615 g/mol. The molecule has 0 unspecified atom stereocenters. The van der Waals surface area contributed by atoms with E-state index in [0.29, 0.717) is 6.54 Å². The van der Waals surface area contributed by atoms with E-state index in [1.165, 1.54) is 88.0 Å². The van der Waals surface area contributed by atoms with Gasteiger partial charge in [-0.15, -0.1) is 0 Å². The smallest absolute Gasteiger partial charge is 0.0713 e. The van der Waals surface area contributed by atoms with Gasteiger partial charge in [0.25, 0.3) is 0 Å². The Morgan fingerprint density at radius 1 is 0.353 bits per heavy atom. The van der Waals surface area contributed by atoms with E-state index in [1.807, 2.05) is 0 Å². The lowest BCUT2D eigenvalue weighted by Gasteiger charge is -2.34. The highest BCUT2D eigenvalue weighted by Crippen LogP contribution is 2.57. The van der Waals surface area contributed by atoms with Gasteiger partial charge in [-0.05, 0) is 112 Å². The molecule has 0 saturated carbocycles. The molecule has 0 saturated heterocycles. The van der Waals surface area contributed by atoms with E-state index in [2.05, 4.69) is 188 Å². The van der Waals surface area contributed by atoms with Gasteiger partial charge in [0.1, 0.15) is 0 Å². The van der Waals surface area contributed by atoms with E-state index in [4.69, 9.17) is 5.73 Å². The summed E-state index contributed by atoms with van der Waals surface area (Å²) in [6.07, 6.45) is 0. The Balaban J connectivity index is 1.27. The molecule has 10 rings (SSSR count). The molecule has 9 aromatic carbocycles. The van der Waals surface area contributed by atoms with Crippen LogP contribution in [0.4, 0.5) is 0 Å². The average molecular weight is 650 g/mol. The van der Waals surface area contributed by atoms with Crippen molar-refractivity contribution in [2.45, 2.75) is 12.0 Å². The molecule has 2 N–H and O–H groups in total. The molecule has 51 heavy (non-hydrogen) atoms. The minimum Gasteiger partial charge on any atom is -0.326 e. The van der Waals surface area contributed by atoms with Gasteiger partial charge in [0.05, 0.1) is 5.41 Å². The van der Waals surface area contributed by atoms with Crippen LogP contribution in [0.2, 0.25) is 0 Å². The van der Waals surface area contributed by atoms with Gasteiger partial charge in [-0.2, -0.15) is 0 Å². The summed E-state index contributed by atoms with van der Waals surface area (Å²) in [7, 11) is 0. The van der Waals surface area contributed by atoms with Crippen LogP contribution in [0.15, 0.2) is 188 Å². The van der Waals surface area contributed by atoms with Crippen molar-refractivity contribution in [1.29, 1.82) is 0 Å². The summed E-state index contributed by atoms with van der Waals surface area (Å²) in [5.41, 5.74) is 19.4. The molecule has 0 radical (unpaired) electrons. The van der Waals surface area contributed by atoms with Crippen LogP contribution in [0.25, 0.3) is 65.7 Å². The van der Waals surface area contributed by atoms with E-state index in [0.717, 1.165) is 5.56 Å². The number of nitrogens with two attached hydrogens (primary N) is 1. The molecule has 0 bridgehead atoms. The van der Waals surface area contributed by atoms with Gasteiger partial charge in [-0.1, -0.05) is 170 Å². The fraction of sp³-hybridized carbons (Fsp3) is 0.0400. The Labute approximate surface area is 298 Å². The minimum absolute atomic E-state index is 0.448. The molecular formula is C50H35N. The van der Waals surface area contributed by atoms with Crippen LogP contribution < -0.4 is 5.73 Å². The fourth-order valence-electron chi connectivity index (χ4n) is 8.91. The van der Waals surface area contributed by atoms with Crippen molar-refractivity contribution < 1.29 is 0 Å². The third-order valence-electron chi connectivity index (χ3n) is 11.1. The van der Waals surface area contributed by atoms with Crippen LogP contribution in [0.5, 0.6) is 0 Å². The van der Waals surface area contributed by atoms with Gasteiger partial charge in [-0.25, -0.2) is 0 Å². The Morgan fingerprint density at radius 3 is 1.69 bits per heavy atom. The molecule has 0 heterocycles. The van der Waals surface area contributed by atoms with Crippen LogP contribution in [0, 0.1) is 0 Å². The predicted molar refractivity (Wildman–Crippen MR) is 215 cm³/mol.